The lowest BCUT2D eigenvalue weighted by Crippen LogP contribution is -2.31. The average molecular weight is 274 g/mol. The first-order valence-corrected chi connectivity index (χ1v) is 7.17. The lowest BCUT2D eigenvalue weighted by Gasteiger charge is -2.22. The van der Waals surface area contributed by atoms with Crippen molar-refractivity contribution in [1.82, 2.24) is 0 Å². The fourth-order valence-corrected chi connectivity index (χ4v) is 2.76. The highest BCUT2D eigenvalue weighted by atomic mass is 32.1. The molecule has 2 rings (SSSR count). The van der Waals surface area contributed by atoms with Gasteiger partial charge in [0.1, 0.15) is 0 Å². The third kappa shape index (κ3) is 3.15. The van der Waals surface area contributed by atoms with Crippen LogP contribution < -0.4 is 10.6 Å². The maximum absolute atomic E-state index is 12.6. The monoisotopic (exact) mass is 274 g/mol. The van der Waals surface area contributed by atoms with E-state index in [0.717, 1.165) is 21.9 Å². The molecule has 0 spiro atoms. The molecule has 0 aliphatic carbocycles. The van der Waals surface area contributed by atoms with Crippen LogP contribution in [0.5, 0.6) is 0 Å². The molecule has 0 fully saturated rings. The summed E-state index contributed by atoms with van der Waals surface area (Å²) in [6, 6.07) is 11.3. The Morgan fingerprint density at radius 1 is 1.32 bits per heavy atom. The SMILES string of the molecule is CCCN(C(=O)c1ccc(C)s1)c1cccc(N)c1. The molecule has 0 atom stereocenters. The van der Waals surface area contributed by atoms with Gasteiger partial charge in [-0.3, -0.25) is 4.79 Å². The minimum absolute atomic E-state index is 0.0468. The predicted molar refractivity (Wildman–Crippen MR) is 81.9 cm³/mol. The normalized spacial score (nSPS) is 10.4. The van der Waals surface area contributed by atoms with Gasteiger partial charge in [0.2, 0.25) is 0 Å². The minimum atomic E-state index is 0.0468. The van der Waals surface area contributed by atoms with Gasteiger partial charge in [0.25, 0.3) is 5.91 Å². The number of anilines is 2. The Labute approximate surface area is 117 Å². The lowest BCUT2D eigenvalue weighted by molar-refractivity contribution is 0.0991. The van der Waals surface area contributed by atoms with Gasteiger partial charge in [-0.05, 0) is 43.7 Å². The van der Waals surface area contributed by atoms with Gasteiger partial charge >= 0.3 is 0 Å². The summed E-state index contributed by atoms with van der Waals surface area (Å²) in [6.45, 7) is 4.76. The summed E-state index contributed by atoms with van der Waals surface area (Å²) in [5, 5.41) is 0. The first-order valence-electron chi connectivity index (χ1n) is 6.35. The Hall–Kier alpha value is -1.81. The van der Waals surface area contributed by atoms with Crippen molar-refractivity contribution < 1.29 is 4.79 Å². The Bertz CT molecular complexity index is 577. The highest BCUT2D eigenvalue weighted by Crippen LogP contribution is 2.23. The maximum atomic E-state index is 12.6. The van der Waals surface area contributed by atoms with E-state index in [2.05, 4.69) is 6.92 Å². The molecule has 19 heavy (non-hydrogen) atoms. The van der Waals surface area contributed by atoms with Gasteiger partial charge in [-0.1, -0.05) is 13.0 Å². The lowest BCUT2D eigenvalue weighted by atomic mass is 10.2. The number of rotatable bonds is 4. The Kier molecular flexibility index (Phi) is 4.22. The van der Waals surface area contributed by atoms with Crippen LogP contribution in [0.1, 0.15) is 27.9 Å². The van der Waals surface area contributed by atoms with Crippen LogP contribution in [0.25, 0.3) is 0 Å². The van der Waals surface area contributed by atoms with Crippen LogP contribution in [0, 0.1) is 6.92 Å². The number of carbonyl (C=O) groups excluding carboxylic acids is 1. The van der Waals surface area contributed by atoms with Crippen molar-refractivity contribution >= 4 is 28.6 Å². The molecule has 0 aliphatic rings. The van der Waals surface area contributed by atoms with E-state index in [9.17, 15) is 4.79 Å². The topological polar surface area (TPSA) is 46.3 Å². The Morgan fingerprint density at radius 3 is 2.68 bits per heavy atom. The van der Waals surface area contributed by atoms with E-state index >= 15 is 0 Å². The number of nitrogen functional groups attached to an aromatic ring is 1. The first kappa shape index (κ1) is 13.6. The first-order chi connectivity index (χ1) is 9.11. The molecule has 1 aromatic carbocycles. The van der Waals surface area contributed by atoms with Crippen LogP contribution >= 0.6 is 11.3 Å². The number of hydrogen-bond acceptors (Lipinski definition) is 3. The van der Waals surface area contributed by atoms with E-state index in [0.29, 0.717) is 12.2 Å². The molecule has 0 unspecified atom stereocenters. The second-order valence-electron chi connectivity index (χ2n) is 4.46. The van der Waals surface area contributed by atoms with Gasteiger partial charge in [0.05, 0.1) is 4.88 Å². The molecule has 0 bridgehead atoms. The maximum Gasteiger partial charge on any atom is 0.268 e. The van der Waals surface area contributed by atoms with Crippen molar-refractivity contribution in [3.63, 3.8) is 0 Å². The molecule has 0 saturated carbocycles. The zero-order valence-electron chi connectivity index (χ0n) is 11.2. The zero-order chi connectivity index (χ0) is 13.8. The predicted octanol–water partition coefficient (Wildman–Crippen LogP) is 3.70. The largest absolute Gasteiger partial charge is 0.399 e. The van der Waals surface area contributed by atoms with Crippen molar-refractivity contribution in [2.45, 2.75) is 20.3 Å². The number of nitrogens with zero attached hydrogens (tertiary/aromatic N) is 1. The average Bonchev–Trinajstić information content (AvgIpc) is 2.82. The van der Waals surface area contributed by atoms with Gasteiger partial charge in [-0.15, -0.1) is 11.3 Å². The van der Waals surface area contributed by atoms with Gasteiger partial charge < -0.3 is 10.6 Å². The second-order valence-corrected chi connectivity index (χ2v) is 5.75. The van der Waals surface area contributed by atoms with Crippen LogP contribution in [0.4, 0.5) is 11.4 Å². The smallest absolute Gasteiger partial charge is 0.268 e. The van der Waals surface area contributed by atoms with E-state index in [1.165, 1.54) is 11.3 Å². The van der Waals surface area contributed by atoms with Crippen molar-refractivity contribution in [3.05, 3.63) is 46.2 Å². The summed E-state index contributed by atoms with van der Waals surface area (Å²) in [4.78, 5) is 16.3. The quantitative estimate of drug-likeness (QED) is 0.864. The number of amides is 1. The second kappa shape index (κ2) is 5.89. The van der Waals surface area contributed by atoms with Gasteiger partial charge in [-0.25, -0.2) is 0 Å². The molecule has 0 radical (unpaired) electrons. The van der Waals surface area contributed by atoms with Gasteiger partial charge in [-0.2, -0.15) is 0 Å². The van der Waals surface area contributed by atoms with E-state index in [-0.39, 0.29) is 5.91 Å². The van der Waals surface area contributed by atoms with Crippen molar-refractivity contribution in [2.75, 3.05) is 17.2 Å². The molecule has 0 aliphatic heterocycles. The van der Waals surface area contributed by atoms with Gasteiger partial charge in [0, 0.05) is 22.8 Å². The van der Waals surface area contributed by atoms with Crippen LogP contribution in [0.15, 0.2) is 36.4 Å². The number of thiophene rings is 1. The van der Waals surface area contributed by atoms with E-state index < -0.39 is 0 Å². The van der Waals surface area contributed by atoms with Crippen LogP contribution in [0.2, 0.25) is 0 Å². The standard InChI is InChI=1S/C15H18N2OS/c1-3-9-17(13-6-4-5-12(16)10-13)15(18)14-8-7-11(2)19-14/h4-8,10H,3,9,16H2,1-2H3. The van der Waals surface area contributed by atoms with Crippen molar-refractivity contribution in [2.24, 2.45) is 0 Å². The third-order valence-electron chi connectivity index (χ3n) is 2.83. The minimum Gasteiger partial charge on any atom is -0.399 e. The van der Waals surface area contributed by atoms with E-state index in [1.54, 1.807) is 4.90 Å². The van der Waals surface area contributed by atoms with Crippen molar-refractivity contribution in [3.8, 4) is 0 Å². The van der Waals surface area contributed by atoms with Crippen LogP contribution in [-0.2, 0) is 0 Å². The van der Waals surface area contributed by atoms with E-state index in [4.69, 9.17) is 5.73 Å². The number of benzene rings is 1. The fourth-order valence-electron chi connectivity index (χ4n) is 1.95. The number of aryl methyl sites for hydroxylation is 1. The molecule has 3 nitrogen and oxygen atoms in total. The Morgan fingerprint density at radius 2 is 2.11 bits per heavy atom. The summed E-state index contributed by atoms with van der Waals surface area (Å²) >= 11 is 1.53. The summed E-state index contributed by atoms with van der Waals surface area (Å²) in [5.74, 6) is 0.0468. The van der Waals surface area contributed by atoms with Crippen LogP contribution in [0.3, 0.4) is 0 Å². The highest BCUT2D eigenvalue weighted by Gasteiger charge is 2.18. The summed E-state index contributed by atoms with van der Waals surface area (Å²) < 4.78 is 0. The van der Waals surface area contributed by atoms with E-state index in [1.807, 2.05) is 43.3 Å². The molecular formula is C15H18N2OS. The van der Waals surface area contributed by atoms with Crippen molar-refractivity contribution in [1.29, 1.82) is 0 Å². The Balaban J connectivity index is 2.32. The molecule has 0 saturated heterocycles. The number of carbonyl (C=O) groups is 1. The summed E-state index contributed by atoms with van der Waals surface area (Å²) in [5.41, 5.74) is 7.33. The molecule has 1 amide bonds. The molecule has 100 valence electrons. The zero-order valence-corrected chi connectivity index (χ0v) is 12.0. The molecular weight excluding hydrogens is 256 g/mol. The third-order valence-corrected chi connectivity index (χ3v) is 3.81. The van der Waals surface area contributed by atoms with Gasteiger partial charge in [0.15, 0.2) is 0 Å². The van der Waals surface area contributed by atoms with Crippen LogP contribution in [-0.4, -0.2) is 12.5 Å². The number of nitrogens with two attached hydrogens (primary N) is 1. The highest BCUT2D eigenvalue weighted by molar-refractivity contribution is 7.14. The molecule has 2 N–H and O–H groups in total. The summed E-state index contributed by atoms with van der Waals surface area (Å²) in [6.07, 6.45) is 0.908. The molecule has 2 aromatic rings. The molecule has 1 aromatic heterocycles. The fraction of sp³-hybridized carbons (Fsp3) is 0.267. The number of hydrogen-bond donors (Lipinski definition) is 1. The molecule has 1 heterocycles. The molecule has 4 heteroatoms. The summed E-state index contributed by atoms with van der Waals surface area (Å²) in [7, 11) is 0.